The Bertz CT molecular complexity index is 922. The van der Waals surface area contributed by atoms with E-state index in [4.69, 9.17) is 4.74 Å². The van der Waals surface area contributed by atoms with Crippen LogP contribution in [0.2, 0.25) is 0 Å². The van der Waals surface area contributed by atoms with E-state index in [1.54, 1.807) is 25.3 Å². The fourth-order valence-corrected chi connectivity index (χ4v) is 3.19. The van der Waals surface area contributed by atoms with Crippen molar-refractivity contribution in [3.05, 3.63) is 59.2 Å². The normalized spacial score (nSPS) is 12.9. The molecule has 0 fully saturated rings. The van der Waals surface area contributed by atoms with Crippen LogP contribution in [0.4, 0.5) is 10.5 Å². The Balaban J connectivity index is 1.56. The molecular weight excluding hydrogens is 370 g/mol. The van der Waals surface area contributed by atoms with Crippen LogP contribution in [0.25, 0.3) is 0 Å². The van der Waals surface area contributed by atoms with Crippen molar-refractivity contribution >= 4 is 23.5 Å². The predicted molar refractivity (Wildman–Crippen MR) is 110 cm³/mol. The SMILES string of the molecule is COc1ccc(CCNC(=O)Nc2ccc3c(c2)C(=O)N(CC(C)C)C3=O)cc1. The third-order valence-electron chi connectivity index (χ3n) is 4.63. The molecule has 0 unspecified atom stereocenters. The highest BCUT2D eigenvalue weighted by Crippen LogP contribution is 2.26. The second kappa shape index (κ2) is 8.77. The molecule has 0 aromatic heterocycles. The van der Waals surface area contributed by atoms with Crippen LogP contribution in [0.1, 0.15) is 40.1 Å². The first-order valence-electron chi connectivity index (χ1n) is 9.57. The maximum Gasteiger partial charge on any atom is 0.319 e. The summed E-state index contributed by atoms with van der Waals surface area (Å²) in [5.41, 5.74) is 2.25. The molecule has 0 spiro atoms. The molecule has 0 radical (unpaired) electrons. The van der Waals surface area contributed by atoms with Crippen molar-refractivity contribution in [2.75, 3.05) is 25.5 Å². The van der Waals surface area contributed by atoms with Gasteiger partial charge >= 0.3 is 6.03 Å². The number of imide groups is 1. The molecule has 1 aliphatic heterocycles. The number of fused-ring (bicyclic) bond motifs is 1. The number of ether oxygens (including phenoxy) is 1. The van der Waals surface area contributed by atoms with Crippen molar-refractivity contribution in [2.45, 2.75) is 20.3 Å². The third-order valence-corrected chi connectivity index (χ3v) is 4.63. The summed E-state index contributed by atoms with van der Waals surface area (Å²) >= 11 is 0. The maximum atomic E-state index is 12.5. The summed E-state index contributed by atoms with van der Waals surface area (Å²) in [7, 11) is 1.62. The molecular formula is C22H25N3O4. The summed E-state index contributed by atoms with van der Waals surface area (Å²) in [5, 5.41) is 5.50. The van der Waals surface area contributed by atoms with Crippen LogP contribution in [0.3, 0.4) is 0 Å². The lowest BCUT2D eigenvalue weighted by Crippen LogP contribution is -2.33. The van der Waals surface area contributed by atoms with Crippen LogP contribution in [0.15, 0.2) is 42.5 Å². The number of amides is 4. The van der Waals surface area contributed by atoms with Gasteiger partial charge in [-0.05, 0) is 48.2 Å². The zero-order valence-corrected chi connectivity index (χ0v) is 16.8. The lowest BCUT2D eigenvalue weighted by atomic mass is 10.1. The minimum absolute atomic E-state index is 0.186. The minimum atomic E-state index is -0.366. The van der Waals surface area contributed by atoms with Gasteiger partial charge in [0.15, 0.2) is 0 Å². The molecule has 4 amide bonds. The summed E-state index contributed by atoms with van der Waals surface area (Å²) in [6, 6.07) is 12.1. The summed E-state index contributed by atoms with van der Waals surface area (Å²) in [6.45, 7) is 4.74. The number of hydrogen-bond acceptors (Lipinski definition) is 4. The van der Waals surface area contributed by atoms with E-state index in [1.165, 1.54) is 4.90 Å². The quantitative estimate of drug-likeness (QED) is 0.704. The van der Waals surface area contributed by atoms with Crippen LogP contribution in [-0.2, 0) is 6.42 Å². The minimum Gasteiger partial charge on any atom is -0.497 e. The van der Waals surface area contributed by atoms with Crippen LogP contribution in [-0.4, -0.2) is 42.9 Å². The van der Waals surface area contributed by atoms with Gasteiger partial charge < -0.3 is 15.4 Å². The standard InChI is InChI=1S/C22H25N3O4/c1-14(2)13-25-20(26)18-9-6-16(12-19(18)21(25)27)24-22(28)23-11-10-15-4-7-17(29-3)8-5-15/h4-9,12,14H,10-11,13H2,1-3H3,(H2,23,24,28). The van der Waals surface area contributed by atoms with Gasteiger partial charge in [-0.3, -0.25) is 14.5 Å². The molecule has 29 heavy (non-hydrogen) atoms. The third kappa shape index (κ3) is 4.74. The molecule has 0 atom stereocenters. The monoisotopic (exact) mass is 395 g/mol. The van der Waals surface area contributed by atoms with Crippen molar-refractivity contribution in [3.63, 3.8) is 0 Å². The van der Waals surface area contributed by atoms with Gasteiger partial charge in [0.1, 0.15) is 5.75 Å². The van der Waals surface area contributed by atoms with Gasteiger partial charge in [0.2, 0.25) is 0 Å². The lowest BCUT2D eigenvalue weighted by molar-refractivity contribution is 0.0636. The highest BCUT2D eigenvalue weighted by Gasteiger charge is 2.35. The number of urea groups is 1. The zero-order valence-electron chi connectivity index (χ0n) is 16.8. The molecule has 2 aromatic rings. The van der Waals surface area contributed by atoms with E-state index in [2.05, 4.69) is 10.6 Å². The van der Waals surface area contributed by atoms with Gasteiger partial charge in [-0.15, -0.1) is 0 Å². The first-order chi connectivity index (χ1) is 13.9. The van der Waals surface area contributed by atoms with Crippen molar-refractivity contribution in [3.8, 4) is 5.75 Å². The molecule has 1 aliphatic rings. The van der Waals surface area contributed by atoms with E-state index in [0.29, 0.717) is 36.3 Å². The fraction of sp³-hybridized carbons (Fsp3) is 0.318. The van der Waals surface area contributed by atoms with Crippen LogP contribution in [0, 0.1) is 5.92 Å². The largest absolute Gasteiger partial charge is 0.497 e. The van der Waals surface area contributed by atoms with Gasteiger partial charge in [0.05, 0.1) is 18.2 Å². The molecule has 1 heterocycles. The zero-order chi connectivity index (χ0) is 21.0. The molecule has 7 nitrogen and oxygen atoms in total. The van der Waals surface area contributed by atoms with Gasteiger partial charge in [-0.25, -0.2) is 4.79 Å². The van der Waals surface area contributed by atoms with Gasteiger partial charge in [0.25, 0.3) is 11.8 Å². The Morgan fingerprint density at radius 1 is 1.03 bits per heavy atom. The molecule has 7 heteroatoms. The summed E-state index contributed by atoms with van der Waals surface area (Å²) < 4.78 is 5.12. The van der Waals surface area contributed by atoms with E-state index in [1.807, 2.05) is 38.1 Å². The van der Waals surface area contributed by atoms with Gasteiger partial charge in [-0.1, -0.05) is 26.0 Å². The molecule has 0 aliphatic carbocycles. The highest BCUT2D eigenvalue weighted by atomic mass is 16.5. The topological polar surface area (TPSA) is 87.7 Å². The van der Waals surface area contributed by atoms with E-state index in [-0.39, 0.29) is 23.8 Å². The van der Waals surface area contributed by atoms with Crippen LogP contribution in [0.5, 0.6) is 5.75 Å². The molecule has 0 saturated carbocycles. The second-order valence-corrected chi connectivity index (χ2v) is 7.35. The Hall–Kier alpha value is -3.35. The summed E-state index contributed by atoms with van der Waals surface area (Å²) in [6.07, 6.45) is 0.679. The highest BCUT2D eigenvalue weighted by molar-refractivity contribution is 6.21. The molecule has 3 rings (SSSR count). The van der Waals surface area contributed by atoms with Crippen LogP contribution >= 0.6 is 0 Å². The summed E-state index contributed by atoms with van der Waals surface area (Å²) in [4.78, 5) is 38.3. The first-order valence-corrected chi connectivity index (χ1v) is 9.57. The Morgan fingerprint density at radius 3 is 2.38 bits per heavy atom. The number of anilines is 1. The molecule has 152 valence electrons. The van der Waals surface area contributed by atoms with E-state index >= 15 is 0 Å². The number of nitrogens with one attached hydrogen (secondary N) is 2. The number of hydrogen-bond donors (Lipinski definition) is 2. The smallest absolute Gasteiger partial charge is 0.319 e. The fourth-order valence-electron chi connectivity index (χ4n) is 3.19. The van der Waals surface area contributed by atoms with E-state index < -0.39 is 0 Å². The second-order valence-electron chi connectivity index (χ2n) is 7.35. The van der Waals surface area contributed by atoms with Crippen LogP contribution < -0.4 is 15.4 Å². The lowest BCUT2D eigenvalue weighted by Gasteiger charge is -2.15. The molecule has 2 aromatic carbocycles. The summed E-state index contributed by atoms with van der Waals surface area (Å²) in [5.74, 6) is 0.374. The number of rotatable bonds is 7. The average Bonchev–Trinajstić information content (AvgIpc) is 2.92. The molecule has 0 saturated heterocycles. The number of nitrogens with zero attached hydrogens (tertiary/aromatic N) is 1. The van der Waals surface area contributed by atoms with Crippen molar-refractivity contribution in [1.29, 1.82) is 0 Å². The van der Waals surface area contributed by atoms with Crippen molar-refractivity contribution in [1.82, 2.24) is 10.2 Å². The van der Waals surface area contributed by atoms with Gasteiger partial charge in [-0.2, -0.15) is 0 Å². The van der Waals surface area contributed by atoms with Crippen molar-refractivity contribution in [2.24, 2.45) is 5.92 Å². The first kappa shape index (κ1) is 20.4. The molecule has 0 bridgehead atoms. The molecule has 2 N–H and O–H groups in total. The number of methoxy groups -OCH3 is 1. The number of carbonyl (C=O) groups is 3. The Labute approximate surface area is 170 Å². The van der Waals surface area contributed by atoms with E-state index in [9.17, 15) is 14.4 Å². The van der Waals surface area contributed by atoms with E-state index in [0.717, 1.165) is 11.3 Å². The number of benzene rings is 2. The predicted octanol–water partition coefficient (Wildman–Crippen LogP) is 3.31. The van der Waals surface area contributed by atoms with Crippen molar-refractivity contribution < 1.29 is 19.1 Å². The van der Waals surface area contributed by atoms with Gasteiger partial charge in [0, 0.05) is 18.8 Å². The maximum absolute atomic E-state index is 12.5. The Kier molecular flexibility index (Phi) is 6.16. The Morgan fingerprint density at radius 2 is 1.72 bits per heavy atom. The average molecular weight is 395 g/mol. The number of carbonyl (C=O) groups excluding carboxylic acids is 3.